The van der Waals surface area contributed by atoms with Crippen LogP contribution in [0, 0.1) is 18.7 Å². The van der Waals surface area contributed by atoms with Gasteiger partial charge in [0.1, 0.15) is 11.9 Å². The largest absolute Gasteiger partial charge is 0.352 e. The number of nitrogens with one attached hydrogen (secondary N) is 2. The third-order valence-corrected chi connectivity index (χ3v) is 6.22. The molecule has 33 heavy (non-hydrogen) atoms. The van der Waals surface area contributed by atoms with Gasteiger partial charge in [-0.05, 0) is 69.4 Å². The lowest BCUT2D eigenvalue weighted by molar-refractivity contribution is -0.125. The molecule has 0 unspecified atom stereocenters. The SMILES string of the molecule is CC[C@@H](C)NC(=O)[C@@H](NC(=O)c1cccc(C)c1)C1CCN(C(=O)c2cccc(F)c2)CC1. The van der Waals surface area contributed by atoms with E-state index in [0.717, 1.165) is 12.0 Å². The zero-order chi connectivity index (χ0) is 24.0. The summed E-state index contributed by atoms with van der Waals surface area (Å²) in [6.07, 6.45) is 1.91. The van der Waals surface area contributed by atoms with Crippen LogP contribution in [0.2, 0.25) is 0 Å². The van der Waals surface area contributed by atoms with E-state index in [2.05, 4.69) is 10.6 Å². The van der Waals surface area contributed by atoms with Gasteiger partial charge in [-0.3, -0.25) is 14.4 Å². The van der Waals surface area contributed by atoms with Crippen LogP contribution in [-0.4, -0.2) is 47.8 Å². The minimum atomic E-state index is -0.696. The van der Waals surface area contributed by atoms with Crippen molar-refractivity contribution >= 4 is 17.7 Å². The van der Waals surface area contributed by atoms with Gasteiger partial charge in [-0.25, -0.2) is 4.39 Å². The monoisotopic (exact) mass is 453 g/mol. The van der Waals surface area contributed by atoms with Gasteiger partial charge in [0.05, 0.1) is 0 Å². The van der Waals surface area contributed by atoms with Crippen LogP contribution >= 0.6 is 0 Å². The Kier molecular flexibility index (Phi) is 8.20. The van der Waals surface area contributed by atoms with Crippen molar-refractivity contribution in [2.75, 3.05) is 13.1 Å². The Morgan fingerprint density at radius 1 is 1.03 bits per heavy atom. The Bertz CT molecular complexity index is 1000. The van der Waals surface area contributed by atoms with Gasteiger partial charge in [-0.2, -0.15) is 0 Å². The molecule has 1 aliphatic heterocycles. The Hall–Kier alpha value is -3.22. The number of benzene rings is 2. The number of hydrogen-bond donors (Lipinski definition) is 2. The number of nitrogens with zero attached hydrogens (tertiary/aromatic N) is 1. The minimum absolute atomic E-state index is 0.00878. The highest BCUT2D eigenvalue weighted by atomic mass is 19.1. The molecule has 2 aromatic rings. The molecule has 1 saturated heterocycles. The van der Waals surface area contributed by atoms with Gasteiger partial charge in [0.15, 0.2) is 0 Å². The Balaban J connectivity index is 1.71. The van der Waals surface area contributed by atoms with Gasteiger partial charge in [0, 0.05) is 30.3 Å². The molecule has 3 amide bonds. The van der Waals surface area contributed by atoms with Crippen molar-refractivity contribution in [3.05, 3.63) is 71.0 Å². The lowest BCUT2D eigenvalue weighted by atomic mass is 9.88. The summed E-state index contributed by atoms with van der Waals surface area (Å²) in [5.74, 6) is -1.28. The molecular formula is C26H32FN3O3. The van der Waals surface area contributed by atoms with Crippen LogP contribution in [0.25, 0.3) is 0 Å². The molecule has 2 N–H and O–H groups in total. The highest BCUT2D eigenvalue weighted by Gasteiger charge is 2.34. The van der Waals surface area contributed by atoms with E-state index in [1.54, 1.807) is 23.1 Å². The molecule has 1 fully saturated rings. The number of likely N-dealkylation sites (tertiary alicyclic amines) is 1. The Morgan fingerprint density at radius 3 is 2.33 bits per heavy atom. The molecular weight excluding hydrogens is 421 g/mol. The molecule has 3 rings (SSSR count). The van der Waals surface area contributed by atoms with Gasteiger partial charge >= 0.3 is 0 Å². The predicted octanol–water partition coefficient (Wildman–Crippen LogP) is 3.70. The van der Waals surface area contributed by atoms with Crippen molar-refractivity contribution in [1.82, 2.24) is 15.5 Å². The summed E-state index contributed by atoms with van der Waals surface area (Å²) in [6, 6.07) is 12.2. The van der Waals surface area contributed by atoms with Crippen LogP contribution in [0.5, 0.6) is 0 Å². The number of rotatable bonds is 7. The van der Waals surface area contributed by atoms with Crippen molar-refractivity contribution in [3.63, 3.8) is 0 Å². The highest BCUT2D eigenvalue weighted by molar-refractivity contribution is 5.98. The molecule has 2 aromatic carbocycles. The van der Waals surface area contributed by atoms with E-state index in [-0.39, 0.29) is 29.7 Å². The molecule has 1 heterocycles. The third kappa shape index (κ3) is 6.40. The van der Waals surface area contributed by atoms with Crippen LogP contribution in [0.1, 0.15) is 59.4 Å². The summed E-state index contributed by atoms with van der Waals surface area (Å²) >= 11 is 0. The molecule has 0 aliphatic carbocycles. The van der Waals surface area contributed by atoms with Crippen LogP contribution in [-0.2, 0) is 4.79 Å². The standard InChI is InChI=1S/C26H32FN3O3/c1-4-18(3)28-25(32)23(29-24(31)20-8-5-7-17(2)15-20)19-11-13-30(14-12-19)26(33)21-9-6-10-22(27)16-21/h5-10,15-16,18-19,23H,4,11-14H2,1-3H3,(H,28,32)(H,29,31)/t18-,23+/m1/s1. The second-order valence-corrected chi connectivity index (χ2v) is 8.78. The van der Waals surface area contributed by atoms with Crippen LogP contribution in [0.3, 0.4) is 0 Å². The van der Waals surface area contributed by atoms with Crippen molar-refractivity contribution in [3.8, 4) is 0 Å². The zero-order valence-corrected chi connectivity index (χ0v) is 19.4. The molecule has 176 valence electrons. The molecule has 0 spiro atoms. The van der Waals surface area contributed by atoms with Crippen molar-refractivity contribution in [1.29, 1.82) is 0 Å². The number of piperidine rings is 1. The van der Waals surface area contributed by atoms with E-state index in [9.17, 15) is 18.8 Å². The summed E-state index contributed by atoms with van der Waals surface area (Å²) in [4.78, 5) is 40.4. The molecule has 0 aromatic heterocycles. The number of carbonyl (C=O) groups is 3. The lowest BCUT2D eigenvalue weighted by Crippen LogP contribution is -2.55. The van der Waals surface area contributed by atoms with Crippen molar-refractivity contribution < 1.29 is 18.8 Å². The van der Waals surface area contributed by atoms with Crippen molar-refractivity contribution in [2.45, 2.75) is 52.1 Å². The van der Waals surface area contributed by atoms with E-state index in [1.165, 1.54) is 18.2 Å². The summed E-state index contributed by atoms with van der Waals surface area (Å²) in [5, 5.41) is 5.92. The van der Waals surface area contributed by atoms with E-state index >= 15 is 0 Å². The predicted molar refractivity (Wildman–Crippen MR) is 125 cm³/mol. The smallest absolute Gasteiger partial charge is 0.253 e. The fourth-order valence-corrected chi connectivity index (χ4v) is 4.08. The maximum atomic E-state index is 13.5. The van der Waals surface area contributed by atoms with Gasteiger partial charge in [-0.15, -0.1) is 0 Å². The molecule has 6 nitrogen and oxygen atoms in total. The molecule has 0 saturated carbocycles. The topological polar surface area (TPSA) is 78.5 Å². The van der Waals surface area contributed by atoms with E-state index in [0.29, 0.717) is 37.1 Å². The first-order chi connectivity index (χ1) is 15.8. The fraction of sp³-hybridized carbons (Fsp3) is 0.423. The number of amides is 3. The number of carbonyl (C=O) groups excluding carboxylic acids is 3. The summed E-state index contributed by atoms with van der Waals surface area (Å²) in [7, 11) is 0. The maximum absolute atomic E-state index is 13.5. The Labute approximate surface area is 194 Å². The second-order valence-electron chi connectivity index (χ2n) is 8.78. The van der Waals surface area contributed by atoms with Crippen LogP contribution < -0.4 is 10.6 Å². The second kappa shape index (κ2) is 11.1. The number of hydrogen-bond acceptors (Lipinski definition) is 3. The maximum Gasteiger partial charge on any atom is 0.253 e. The third-order valence-electron chi connectivity index (χ3n) is 6.22. The van der Waals surface area contributed by atoms with Crippen molar-refractivity contribution in [2.24, 2.45) is 5.92 Å². The molecule has 1 aliphatic rings. The molecule has 0 radical (unpaired) electrons. The molecule has 0 bridgehead atoms. The van der Waals surface area contributed by atoms with Crippen LogP contribution in [0.15, 0.2) is 48.5 Å². The first-order valence-electron chi connectivity index (χ1n) is 11.5. The van der Waals surface area contributed by atoms with Gasteiger partial charge < -0.3 is 15.5 Å². The van der Waals surface area contributed by atoms with E-state index in [1.807, 2.05) is 32.9 Å². The summed E-state index contributed by atoms with van der Waals surface area (Å²) in [5.41, 5.74) is 1.79. The van der Waals surface area contributed by atoms with Gasteiger partial charge in [0.25, 0.3) is 11.8 Å². The first-order valence-corrected chi connectivity index (χ1v) is 11.5. The number of aryl methyl sites for hydroxylation is 1. The van der Waals surface area contributed by atoms with Crippen LogP contribution in [0.4, 0.5) is 4.39 Å². The molecule has 2 atom stereocenters. The van der Waals surface area contributed by atoms with Gasteiger partial charge in [0.2, 0.25) is 5.91 Å². The molecule has 7 heteroatoms. The quantitative estimate of drug-likeness (QED) is 0.671. The normalized spacial score (nSPS) is 16.1. The average Bonchev–Trinajstić information content (AvgIpc) is 2.81. The summed E-state index contributed by atoms with van der Waals surface area (Å²) < 4.78 is 13.5. The number of halogens is 1. The first kappa shape index (κ1) is 24.4. The van der Waals surface area contributed by atoms with E-state index < -0.39 is 11.9 Å². The average molecular weight is 454 g/mol. The fourth-order valence-electron chi connectivity index (χ4n) is 4.08. The minimum Gasteiger partial charge on any atom is -0.352 e. The van der Waals surface area contributed by atoms with Gasteiger partial charge in [-0.1, -0.05) is 30.7 Å². The van der Waals surface area contributed by atoms with E-state index in [4.69, 9.17) is 0 Å². The summed E-state index contributed by atoms with van der Waals surface area (Å²) in [6.45, 7) is 6.70. The highest BCUT2D eigenvalue weighted by Crippen LogP contribution is 2.23. The Morgan fingerprint density at radius 2 is 1.70 bits per heavy atom. The lowest BCUT2D eigenvalue weighted by Gasteiger charge is -2.36. The zero-order valence-electron chi connectivity index (χ0n) is 19.4.